The van der Waals surface area contributed by atoms with Crippen molar-refractivity contribution in [2.24, 2.45) is 5.92 Å². The van der Waals surface area contributed by atoms with Crippen LogP contribution in [0.25, 0.3) is 0 Å². The molecule has 0 aliphatic carbocycles. The second-order valence-electron chi connectivity index (χ2n) is 6.71. The summed E-state index contributed by atoms with van der Waals surface area (Å²) in [6.07, 6.45) is 1.12. The zero-order valence-electron chi connectivity index (χ0n) is 14.7. The summed E-state index contributed by atoms with van der Waals surface area (Å²) in [5, 5.41) is 0. The number of benzene rings is 2. The molecule has 0 spiro atoms. The third-order valence-electron chi connectivity index (χ3n) is 4.97. The fourth-order valence-electron chi connectivity index (χ4n) is 3.61. The molecule has 26 heavy (non-hydrogen) atoms. The van der Waals surface area contributed by atoms with Crippen LogP contribution >= 0.6 is 0 Å². The maximum atomic E-state index is 6.23. The van der Waals surface area contributed by atoms with E-state index in [1.165, 1.54) is 0 Å². The first-order valence-corrected chi connectivity index (χ1v) is 9.06. The van der Waals surface area contributed by atoms with Crippen LogP contribution in [-0.4, -0.2) is 31.2 Å². The van der Waals surface area contributed by atoms with Crippen LogP contribution in [0.4, 0.5) is 0 Å². The number of hydrogen-bond donors (Lipinski definition) is 0. The Morgan fingerprint density at radius 3 is 2.04 bits per heavy atom. The van der Waals surface area contributed by atoms with Crippen molar-refractivity contribution in [3.8, 4) is 0 Å². The summed E-state index contributed by atoms with van der Waals surface area (Å²) in [6.45, 7) is 5.59. The predicted molar refractivity (Wildman–Crippen MR) is 98.3 cm³/mol. The van der Waals surface area contributed by atoms with Crippen LogP contribution in [0.1, 0.15) is 11.1 Å². The van der Waals surface area contributed by atoms with E-state index in [0.717, 1.165) is 11.1 Å². The normalized spacial score (nSPS) is 30.2. The predicted octanol–water partition coefficient (Wildman–Crippen LogP) is 3.71. The molecule has 4 nitrogen and oxygen atoms in total. The minimum atomic E-state index is -0.358. The summed E-state index contributed by atoms with van der Waals surface area (Å²) in [7, 11) is 0. The molecule has 2 aromatic rings. The second-order valence-corrected chi connectivity index (χ2v) is 6.71. The largest absolute Gasteiger partial charge is 0.370 e. The van der Waals surface area contributed by atoms with Crippen LogP contribution in [0.2, 0.25) is 0 Å². The van der Waals surface area contributed by atoms with Crippen LogP contribution in [0, 0.1) is 5.92 Å². The van der Waals surface area contributed by atoms with Crippen molar-refractivity contribution in [3.63, 3.8) is 0 Å². The van der Waals surface area contributed by atoms with Gasteiger partial charge in [-0.15, -0.1) is 6.58 Å². The molecule has 2 fully saturated rings. The van der Waals surface area contributed by atoms with Gasteiger partial charge in [-0.1, -0.05) is 66.7 Å². The molecule has 0 saturated carbocycles. The van der Waals surface area contributed by atoms with Gasteiger partial charge < -0.3 is 18.9 Å². The van der Waals surface area contributed by atoms with E-state index in [9.17, 15) is 0 Å². The van der Waals surface area contributed by atoms with Gasteiger partial charge in [-0.25, -0.2) is 0 Å². The van der Waals surface area contributed by atoms with Crippen LogP contribution in [0.5, 0.6) is 0 Å². The molecule has 2 bridgehead atoms. The molecule has 4 heteroatoms. The molecule has 0 unspecified atom stereocenters. The van der Waals surface area contributed by atoms with E-state index in [-0.39, 0.29) is 30.5 Å². The Labute approximate surface area is 154 Å². The summed E-state index contributed by atoms with van der Waals surface area (Å²) >= 11 is 0. The first-order valence-electron chi connectivity index (χ1n) is 9.06. The summed E-state index contributed by atoms with van der Waals surface area (Å²) < 4.78 is 24.2. The molecule has 0 radical (unpaired) electrons. The van der Waals surface area contributed by atoms with Crippen molar-refractivity contribution in [2.45, 2.75) is 37.8 Å². The van der Waals surface area contributed by atoms with E-state index < -0.39 is 0 Å². The summed E-state index contributed by atoms with van der Waals surface area (Å²) in [4.78, 5) is 0. The van der Waals surface area contributed by atoms with Gasteiger partial charge in [0.2, 0.25) is 0 Å². The van der Waals surface area contributed by atoms with E-state index in [2.05, 4.69) is 18.7 Å². The molecule has 5 atom stereocenters. The van der Waals surface area contributed by atoms with Gasteiger partial charge in [0.1, 0.15) is 12.2 Å². The molecular formula is C22H24O4. The maximum absolute atomic E-state index is 6.23. The highest BCUT2D eigenvalue weighted by molar-refractivity contribution is 5.15. The molecule has 2 aliphatic heterocycles. The Hall–Kier alpha value is -1.98. The molecule has 0 N–H and O–H groups in total. The smallest absolute Gasteiger partial charge is 0.185 e. The van der Waals surface area contributed by atoms with Crippen molar-refractivity contribution >= 4 is 0 Å². The Morgan fingerprint density at radius 2 is 1.46 bits per heavy atom. The number of fused-ring (bicyclic) bond motifs is 2. The Morgan fingerprint density at radius 1 is 0.885 bits per heavy atom. The molecule has 2 aromatic carbocycles. The molecule has 2 aliphatic rings. The standard InChI is InChI=1S/C22H24O4/c1-2-18-20(23-13-16-9-5-3-6-10-16)19-15-25-22(26-19)21(18)24-14-17-11-7-4-8-12-17/h2-12,18-22H,1,13-15H2/t18-,19+,20-,21-,22+/m0/s1. The number of ether oxygens (including phenoxy) is 4. The zero-order valence-corrected chi connectivity index (χ0v) is 14.7. The van der Waals surface area contributed by atoms with Gasteiger partial charge in [0, 0.05) is 5.92 Å². The summed E-state index contributed by atoms with van der Waals surface area (Å²) in [5.41, 5.74) is 2.26. The quantitative estimate of drug-likeness (QED) is 0.712. The fraction of sp³-hybridized carbons (Fsp3) is 0.364. The Balaban J connectivity index is 1.45. The van der Waals surface area contributed by atoms with Crippen molar-refractivity contribution in [2.75, 3.05) is 6.61 Å². The first-order chi connectivity index (χ1) is 12.8. The van der Waals surface area contributed by atoms with Gasteiger partial charge in [-0.3, -0.25) is 0 Å². The Bertz CT molecular complexity index is 645. The lowest BCUT2D eigenvalue weighted by atomic mass is 9.90. The average Bonchev–Trinajstić information content (AvgIpc) is 3.13. The molecule has 0 aromatic heterocycles. The third-order valence-corrected chi connectivity index (χ3v) is 4.97. The van der Waals surface area contributed by atoms with Gasteiger partial charge in [-0.05, 0) is 11.1 Å². The highest BCUT2D eigenvalue weighted by Gasteiger charge is 2.50. The van der Waals surface area contributed by atoms with Gasteiger partial charge >= 0.3 is 0 Å². The van der Waals surface area contributed by atoms with Crippen LogP contribution in [0.15, 0.2) is 73.3 Å². The average molecular weight is 352 g/mol. The van der Waals surface area contributed by atoms with Crippen molar-refractivity contribution in [3.05, 3.63) is 84.4 Å². The maximum Gasteiger partial charge on any atom is 0.185 e. The van der Waals surface area contributed by atoms with E-state index in [1.54, 1.807) is 0 Å². The number of hydrogen-bond acceptors (Lipinski definition) is 4. The fourth-order valence-corrected chi connectivity index (χ4v) is 3.61. The van der Waals surface area contributed by atoms with Crippen molar-refractivity contribution < 1.29 is 18.9 Å². The lowest BCUT2D eigenvalue weighted by Crippen LogP contribution is -2.51. The van der Waals surface area contributed by atoms with Gasteiger partial charge in [0.15, 0.2) is 6.29 Å². The molecule has 2 heterocycles. The lowest BCUT2D eigenvalue weighted by molar-refractivity contribution is -0.229. The zero-order chi connectivity index (χ0) is 17.8. The SMILES string of the molecule is C=C[C@@H]1[C@H](OCc2ccccc2)[C@@H]2OC[C@@H](O2)[C@H]1OCc1ccccc1. The van der Waals surface area contributed by atoms with Gasteiger partial charge in [-0.2, -0.15) is 0 Å². The van der Waals surface area contributed by atoms with E-state index in [1.807, 2.05) is 54.6 Å². The van der Waals surface area contributed by atoms with Crippen LogP contribution in [0.3, 0.4) is 0 Å². The number of rotatable bonds is 7. The molecule has 4 rings (SSSR count). The van der Waals surface area contributed by atoms with Crippen LogP contribution < -0.4 is 0 Å². The summed E-state index contributed by atoms with van der Waals surface area (Å²) in [5.74, 6) is 0.0219. The molecule has 2 saturated heterocycles. The van der Waals surface area contributed by atoms with E-state index in [4.69, 9.17) is 18.9 Å². The molecular weight excluding hydrogens is 328 g/mol. The van der Waals surface area contributed by atoms with Gasteiger partial charge in [0.05, 0.1) is 25.9 Å². The Kier molecular flexibility index (Phi) is 5.46. The highest BCUT2D eigenvalue weighted by atomic mass is 16.8. The lowest BCUT2D eigenvalue weighted by Gasteiger charge is -2.39. The molecule has 0 amide bonds. The highest BCUT2D eigenvalue weighted by Crippen LogP contribution is 2.37. The van der Waals surface area contributed by atoms with E-state index in [0.29, 0.717) is 19.8 Å². The van der Waals surface area contributed by atoms with Crippen molar-refractivity contribution in [1.29, 1.82) is 0 Å². The minimum absolute atomic E-state index is 0.0219. The minimum Gasteiger partial charge on any atom is -0.370 e. The van der Waals surface area contributed by atoms with Crippen molar-refractivity contribution in [1.82, 2.24) is 0 Å². The van der Waals surface area contributed by atoms with E-state index >= 15 is 0 Å². The summed E-state index contributed by atoms with van der Waals surface area (Å²) in [6, 6.07) is 20.3. The first kappa shape index (κ1) is 17.4. The topological polar surface area (TPSA) is 36.9 Å². The van der Waals surface area contributed by atoms with Gasteiger partial charge in [0.25, 0.3) is 0 Å². The molecule has 136 valence electrons. The second kappa shape index (κ2) is 8.14. The third kappa shape index (κ3) is 3.74. The van der Waals surface area contributed by atoms with Crippen LogP contribution in [-0.2, 0) is 32.2 Å². The monoisotopic (exact) mass is 352 g/mol.